The molecule has 0 amide bonds. The fraction of sp³-hybridized carbons (Fsp3) is 0.500. The van der Waals surface area contributed by atoms with Gasteiger partial charge in [0, 0.05) is 19.0 Å². The fourth-order valence-electron chi connectivity index (χ4n) is 2.67. The van der Waals surface area contributed by atoms with Crippen LogP contribution in [0.4, 0.5) is 0 Å². The fourth-order valence-corrected chi connectivity index (χ4v) is 2.67. The summed E-state index contributed by atoms with van der Waals surface area (Å²) in [5.74, 6) is 3.47. The van der Waals surface area contributed by atoms with E-state index in [4.69, 9.17) is 14.0 Å². The Labute approximate surface area is 160 Å². The molecule has 0 atom stereocenters. The summed E-state index contributed by atoms with van der Waals surface area (Å²) < 4.78 is 16.8. The number of ether oxygens (including phenoxy) is 2. The van der Waals surface area contributed by atoms with Gasteiger partial charge in [0.2, 0.25) is 0 Å². The standard InChI is InChI=1S/C20H28N4O3/c1-4-21-20(23-13-16-11-17(14(2)3)24-27-16)22-12-15-6-7-18-19(10-15)26-9-5-8-25-18/h6-7,10-11,14H,4-5,8-9,12-13H2,1-3H3,(H2,21,22,23). The van der Waals surface area contributed by atoms with E-state index in [2.05, 4.69) is 34.6 Å². The van der Waals surface area contributed by atoms with Gasteiger partial charge in [-0.15, -0.1) is 0 Å². The molecule has 7 heteroatoms. The van der Waals surface area contributed by atoms with Gasteiger partial charge in [-0.2, -0.15) is 0 Å². The van der Waals surface area contributed by atoms with E-state index in [1.54, 1.807) is 0 Å². The lowest BCUT2D eigenvalue weighted by Gasteiger charge is -2.11. The van der Waals surface area contributed by atoms with Crippen LogP contribution in [-0.4, -0.2) is 30.9 Å². The van der Waals surface area contributed by atoms with Crippen molar-refractivity contribution in [1.82, 2.24) is 15.8 Å². The third-order valence-corrected chi connectivity index (χ3v) is 4.17. The van der Waals surface area contributed by atoms with Crippen molar-refractivity contribution < 1.29 is 14.0 Å². The largest absolute Gasteiger partial charge is 0.490 e. The van der Waals surface area contributed by atoms with E-state index >= 15 is 0 Å². The molecule has 3 rings (SSSR count). The molecule has 2 aromatic rings. The van der Waals surface area contributed by atoms with Crippen LogP contribution in [0.3, 0.4) is 0 Å². The third-order valence-electron chi connectivity index (χ3n) is 4.17. The molecule has 0 saturated heterocycles. The zero-order valence-electron chi connectivity index (χ0n) is 16.2. The Morgan fingerprint density at radius 1 is 1.15 bits per heavy atom. The lowest BCUT2D eigenvalue weighted by Crippen LogP contribution is -2.36. The number of hydrogen-bond acceptors (Lipinski definition) is 5. The van der Waals surface area contributed by atoms with Crippen LogP contribution in [0.25, 0.3) is 0 Å². The molecule has 27 heavy (non-hydrogen) atoms. The summed E-state index contributed by atoms with van der Waals surface area (Å²) in [6, 6.07) is 7.95. The molecule has 0 unspecified atom stereocenters. The normalized spacial score (nSPS) is 14.1. The second-order valence-corrected chi connectivity index (χ2v) is 6.75. The number of aromatic nitrogens is 1. The zero-order chi connectivity index (χ0) is 19.1. The summed E-state index contributed by atoms with van der Waals surface area (Å²) in [5.41, 5.74) is 2.03. The Balaban J connectivity index is 1.62. The second-order valence-electron chi connectivity index (χ2n) is 6.75. The number of nitrogens with one attached hydrogen (secondary N) is 2. The van der Waals surface area contributed by atoms with Crippen molar-refractivity contribution in [2.45, 2.75) is 46.2 Å². The van der Waals surface area contributed by atoms with Crippen molar-refractivity contribution in [1.29, 1.82) is 0 Å². The molecular formula is C20H28N4O3. The topological polar surface area (TPSA) is 80.9 Å². The minimum atomic E-state index is 0.351. The Bertz CT molecular complexity index is 770. The predicted octanol–water partition coefficient (Wildman–Crippen LogP) is 3.21. The Hall–Kier alpha value is -2.70. The monoisotopic (exact) mass is 372 g/mol. The van der Waals surface area contributed by atoms with Crippen LogP contribution in [0.15, 0.2) is 33.8 Å². The highest BCUT2D eigenvalue weighted by Crippen LogP contribution is 2.30. The molecule has 146 valence electrons. The van der Waals surface area contributed by atoms with Crippen molar-refractivity contribution >= 4 is 5.96 Å². The minimum Gasteiger partial charge on any atom is -0.490 e. The molecule has 1 aromatic heterocycles. The van der Waals surface area contributed by atoms with Gasteiger partial charge in [0.1, 0.15) is 0 Å². The van der Waals surface area contributed by atoms with E-state index < -0.39 is 0 Å². The molecule has 1 aromatic carbocycles. The first-order valence-electron chi connectivity index (χ1n) is 9.52. The lowest BCUT2D eigenvalue weighted by atomic mass is 10.1. The molecule has 0 radical (unpaired) electrons. The molecule has 0 aliphatic carbocycles. The predicted molar refractivity (Wildman–Crippen MR) is 104 cm³/mol. The van der Waals surface area contributed by atoms with Crippen LogP contribution in [-0.2, 0) is 13.1 Å². The Morgan fingerprint density at radius 3 is 2.70 bits per heavy atom. The van der Waals surface area contributed by atoms with Gasteiger partial charge in [0.25, 0.3) is 0 Å². The molecule has 7 nitrogen and oxygen atoms in total. The van der Waals surface area contributed by atoms with Gasteiger partial charge in [-0.05, 0) is 30.5 Å². The van der Waals surface area contributed by atoms with Crippen LogP contribution in [0, 0.1) is 0 Å². The quantitative estimate of drug-likeness (QED) is 0.599. The van der Waals surface area contributed by atoms with Crippen LogP contribution in [0.1, 0.15) is 50.1 Å². The van der Waals surface area contributed by atoms with Crippen LogP contribution < -0.4 is 20.1 Å². The lowest BCUT2D eigenvalue weighted by molar-refractivity contribution is 0.297. The van der Waals surface area contributed by atoms with E-state index in [0.29, 0.717) is 32.2 Å². The van der Waals surface area contributed by atoms with E-state index in [9.17, 15) is 0 Å². The number of rotatable bonds is 6. The van der Waals surface area contributed by atoms with Crippen LogP contribution >= 0.6 is 0 Å². The highest BCUT2D eigenvalue weighted by atomic mass is 16.5. The second kappa shape index (κ2) is 9.30. The van der Waals surface area contributed by atoms with E-state index in [1.807, 2.05) is 31.2 Å². The van der Waals surface area contributed by atoms with Gasteiger partial charge in [-0.25, -0.2) is 4.99 Å². The maximum Gasteiger partial charge on any atom is 0.191 e. The number of hydrogen-bond donors (Lipinski definition) is 2. The summed E-state index contributed by atoms with van der Waals surface area (Å²) in [6.07, 6.45) is 0.900. The SMILES string of the molecule is CCNC(=NCc1ccc2c(c1)OCCCO2)NCc1cc(C(C)C)no1. The Kier molecular flexibility index (Phi) is 6.57. The van der Waals surface area contributed by atoms with Crippen molar-refractivity contribution in [3.63, 3.8) is 0 Å². The van der Waals surface area contributed by atoms with Crippen molar-refractivity contribution in [3.8, 4) is 11.5 Å². The van der Waals surface area contributed by atoms with Crippen molar-refractivity contribution in [2.24, 2.45) is 4.99 Å². The Morgan fingerprint density at radius 2 is 1.96 bits per heavy atom. The number of benzene rings is 1. The highest BCUT2D eigenvalue weighted by molar-refractivity contribution is 5.79. The summed E-state index contributed by atoms with van der Waals surface area (Å²) in [7, 11) is 0. The first-order chi connectivity index (χ1) is 13.2. The molecule has 1 aliphatic heterocycles. The maximum atomic E-state index is 5.75. The molecule has 0 fully saturated rings. The van der Waals surface area contributed by atoms with Gasteiger partial charge in [-0.1, -0.05) is 25.1 Å². The molecule has 1 aliphatic rings. The smallest absolute Gasteiger partial charge is 0.191 e. The van der Waals surface area contributed by atoms with E-state index in [-0.39, 0.29) is 0 Å². The zero-order valence-corrected chi connectivity index (χ0v) is 16.2. The highest BCUT2D eigenvalue weighted by Gasteiger charge is 2.11. The first kappa shape index (κ1) is 19.1. The number of nitrogens with zero attached hydrogens (tertiary/aromatic N) is 2. The molecular weight excluding hydrogens is 344 g/mol. The van der Waals surface area contributed by atoms with Gasteiger partial charge < -0.3 is 24.6 Å². The molecule has 2 N–H and O–H groups in total. The first-order valence-corrected chi connectivity index (χ1v) is 9.52. The van der Waals surface area contributed by atoms with Crippen molar-refractivity contribution in [2.75, 3.05) is 19.8 Å². The van der Waals surface area contributed by atoms with Gasteiger partial charge >= 0.3 is 0 Å². The molecule has 2 heterocycles. The van der Waals surface area contributed by atoms with E-state index in [1.165, 1.54) is 0 Å². The summed E-state index contributed by atoms with van der Waals surface area (Å²) in [4.78, 5) is 4.65. The minimum absolute atomic E-state index is 0.351. The number of aliphatic imine (C=N–C) groups is 1. The molecule has 0 spiro atoms. The van der Waals surface area contributed by atoms with Gasteiger partial charge in [0.05, 0.1) is 32.0 Å². The van der Waals surface area contributed by atoms with Crippen LogP contribution in [0.2, 0.25) is 0 Å². The average molecular weight is 372 g/mol. The molecule has 0 bridgehead atoms. The average Bonchev–Trinajstić information content (AvgIpc) is 3.02. The number of guanidine groups is 1. The summed E-state index contributed by atoms with van der Waals surface area (Å²) >= 11 is 0. The van der Waals surface area contributed by atoms with Crippen molar-refractivity contribution in [3.05, 3.63) is 41.3 Å². The summed E-state index contributed by atoms with van der Waals surface area (Å²) in [6.45, 7) is 9.45. The van der Waals surface area contributed by atoms with E-state index in [0.717, 1.165) is 47.4 Å². The molecule has 0 saturated carbocycles. The summed E-state index contributed by atoms with van der Waals surface area (Å²) in [5, 5.41) is 10.6. The number of fused-ring (bicyclic) bond motifs is 1. The van der Waals surface area contributed by atoms with Gasteiger partial charge in [0.15, 0.2) is 23.2 Å². The maximum absolute atomic E-state index is 5.75. The third kappa shape index (κ3) is 5.39. The van der Waals surface area contributed by atoms with Gasteiger partial charge in [-0.3, -0.25) is 0 Å². The van der Waals surface area contributed by atoms with Crippen LogP contribution in [0.5, 0.6) is 11.5 Å².